The summed E-state index contributed by atoms with van der Waals surface area (Å²) in [5.41, 5.74) is 22.2. The molecule has 12 N–H and O–H groups in total. The van der Waals surface area contributed by atoms with Crippen LogP contribution in [0, 0.1) is 5.92 Å². The number of hydrogen-bond acceptors (Lipinski definition) is 6. The quantitative estimate of drug-likeness (QED) is 0.183. The standard InChI is InChI=1S/C12H32N4O6P2/c13-7-4-10(2-1-3-11(16)23(17,18)19)12(5-8-14,6-9-15)24(20,21)22/h10-11H,1-9,13-16H2,(H2,17,18,19)(H2,20,21,22). The van der Waals surface area contributed by atoms with E-state index >= 15 is 0 Å². The largest absolute Gasteiger partial charge is 0.342 e. The van der Waals surface area contributed by atoms with Crippen molar-refractivity contribution in [3.8, 4) is 0 Å². The average Bonchev–Trinajstić information content (AvgIpc) is 2.43. The fourth-order valence-corrected chi connectivity index (χ4v) is 5.28. The van der Waals surface area contributed by atoms with Crippen molar-refractivity contribution >= 4 is 15.2 Å². The Labute approximate surface area is 142 Å². The Hall–Kier alpha value is 0.140. The summed E-state index contributed by atoms with van der Waals surface area (Å²) in [5, 5.41) is -1.37. The van der Waals surface area contributed by atoms with Crippen LogP contribution in [0.15, 0.2) is 0 Å². The Morgan fingerprint density at radius 2 is 1.33 bits per heavy atom. The zero-order valence-corrected chi connectivity index (χ0v) is 15.6. The molecule has 0 aliphatic heterocycles. The molecule has 0 fully saturated rings. The van der Waals surface area contributed by atoms with Gasteiger partial charge in [-0.2, -0.15) is 0 Å². The summed E-state index contributed by atoms with van der Waals surface area (Å²) in [7, 11) is -8.89. The predicted molar refractivity (Wildman–Crippen MR) is 93.1 cm³/mol. The van der Waals surface area contributed by atoms with Crippen LogP contribution in [0.25, 0.3) is 0 Å². The van der Waals surface area contributed by atoms with E-state index < -0.39 is 32.0 Å². The predicted octanol–water partition coefficient (Wildman–Crippen LogP) is -0.802. The van der Waals surface area contributed by atoms with Crippen LogP contribution < -0.4 is 22.9 Å². The van der Waals surface area contributed by atoms with E-state index in [1.807, 2.05) is 0 Å². The van der Waals surface area contributed by atoms with E-state index in [9.17, 15) is 18.9 Å². The van der Waals surface area contributed by atoms with Crippen LogP contribution in [-0.2, 0) is 9.13 Å². The van der Waals surface area contributed by atoms with Gasteiger partial charge in [0, 0.05) is 0 Å². The Bertz CT molecular complexity index is 449. The van der Waals surface area contributed by atoms with Crippen LogP contribution in [0.5, 0.6) is 0 Å². The second-order valence-electron chi connectivity index (χ2n) is 6.09. The molecule has 0 bridgehead atoms. The summed E-state index contributed by atoms with van der Waals surface area (Å²) in [5.74, 6) is -1.75. The van der Waals surface area contributed by atoms with E-state index in [0.29, 0.717) is 19.3 Å². The maximum absolute atomic E-state index is 12.2. The van der Waals surface area contributed by atoms with Crippen molar-refractivity contribution in [1.29, 1.82) is 0 Å². The molecule has 12 heteroatoms. The molecule has 0 amide bonds. The zero-order valence-electron chi connectivity index (χ0n) is 13.8. The van der Waals surface area contributed by atoms with E-state index in [4.69, 9.17) is 32.7 Å². The fraction of sp³-hybridized carbons (Fsp3) is 1.00. The van der Waals surface area contributed by atoms with Gasteiger partial charge in [-0.05, 0) is 57.7 Å². The van der Waals surface area contributed by atoms with Gasteiger partial charge in [-0.25, -0.2) is 0 Å². The first-order valence-corrected chi connectivity index (χ1v) is 11.2. The summed E-state index contributed by atoms with van der Waals surface area (Å²) < 4.78 is 23.3. The topological polar surface area (TPSA) is 219 Å². The number of hydrogen-bond donors (Lipinski definition) is 8. The molecule has 146 valence electrons. The molecule has 0 aromatic carbocycles. The molecule has 0 saturated heterocycles. The Morgan fingerprint density at radius 1 is 0.833 bits per heavy atom. The van der Waals surface area contributed by atoms with Crippen LogP contribution in [0.1, 0.15) is 38.5 Å². The second-order valence-corrected chi connectivity index (χ2v) is 9.91. The minimum atomic E-state index is -4.52. The summed E-state index contributed by atoms with van der Waals surface area (Å²) in [6, 6.07) is 0. The fourth-order valence-electron chi connectivity index (χ4n) is 3.19. The van der Waals surface area contributed by atoms with Gasteiger partial charge in [0.25, 0.3) is 0 Å². The minimum absolute atomic E-state index is 0.0494. The molecule has 0 radical (unpaired) electrons. The van der Waals surface area contributed by atoms with E-state index in [2.05, 4.69) is 0 Å². The first-order valence-electron chi connectivity index (χ1n) is 7.93. The Balaban J connectivity index is 5.31. The zero-order chi connectivity index (χ0) is 19.0. The van der Waals surface area contributed by atoms with E-state index in [1.54, 1.807) is 0 Å². The van der Waals surface area contributed by atoms with E-state index in [1.165, 1.54) is 0 Å². The van der Waals surface area contributed by atoms with Crippen molar-refractivity contribution in [2.75, 3.05) is 19.6 Å². The second kappa shape index (κ2) is 10.3. The molecular weight excluding hydrogens is 358 g/mol. The number of nitrogens with two attached hydrogens (primary N) is 4. The van der Waals surface area contributed by atoms with Crippen LogP contribution in [-0.4, -0.2) is 50.1 Å². The Morgan fingerprint density at radius 3 is 1.67 bits per heavy atom. The number of rotatable bonds is 13. The molecule has 0 aromatic heterocycles. The molecule has 0 saturated carbocycles. The van der Waals surface area contributed by atoms with Gasteiger partial charge in [-0.3, -0.25) is 9.13 Å². The monoisotopic (exact) mass is 390 g/mol. The molecule has 10 nitrogen and oxygen atoms in total. The molecule has 2 atom stereocenters. The molecule has 0 aliphatic rings. The van der Waals surface area contributed by atoms with Crippen molar-refractivity contribution in [2.24, 2.45) is 28.9 Å². The lowest BCUT2D eigenvalue weighted by Gasteiger charge is -2.41. The lowest BCUT2D eigenvalue weighted by atomic mass is 9.80. The lowest BCUT2D eigenvalue weighted by Crippen LogP contribution is -2.43. The molecule has 24 heavy (non-hydrogen) atoms. The molecule has 0 rings (SSSR count). The first kappa shape index (κ1) is 24.1. The van der Waals surface area contributed by atoms with Crippen molar-refractivity contribution in [3.63, 3.8) is 0 Å². The summed E-state index contributed by atoms with van der Waals surface area (Å²) in [4.78, 5) is 37.9. The third-order valence-corrected chi connectivity index (χ3v) is 7.59. The molecule has 0 spiro atoms. The van der Waals surface area contributed by atoms with Crippen LogP contribution in [0.3, 0.4) is 0 Å². The highest BCUT2D eigenvalue weighted by Crippen LogP contribution is 2.60. The maximum Gasteiger partial charge on any atom is 0.342 e. The van der Waals surface area contributed by atoms with Crippen LogP contribution in [0.2, 0.25) is 0 Å². The van der Waals surface area contributed by atoms with Gasteiger partial charge in [0.1, 0.15) is 5.78 Å². The summed E-state index contributed by atoms with van der Waals surface area (Å²) in [6.07, 6.45) is 1.25. The van der Waals surface area contributed by atoms with Gasteiger partial charge >= 0.3 is 15.2 Å². The smallest absolute Gasteiger partial charge is 0.330 e. The van der Waals surface area contributed by atoms with Gasteiger partial charge in [-0.1, -0.05) is 6.42 Å². The van der Waals surface area contributed by atoms with E-state index in [-0.39, 0.29) is 38.9 Å². The van der Waals surface area contributed by atoms with Crippen molar-refractivity contribution in [2.45, 2.75) is 49.5 Å². The highest BCUT2D eigenvalue weighted by atomic mass is 31.2. The third-order valence-electron chi connectivity index (χ3n) is 4.49. The molecule has 2 unspecified atom stereocenters. The molecule has 0 heterocycles. The average molecular weight is 390 g/mol. The highest BCUT2D eigenvalue weighted by molar-refractivity contribution is 7.53. The Kier molecular flexibility index (Phi) is 10.4. The summed E-state index contributed by atoms with van der Waals surface area (Å²) >= 11 is 0. The minimum Gasteiger partial charge on any atom is -0.330 e. The highest BCUT2D eigenvalue weighted by Gasteiger charge is 2.50. The third kappa shape index (κ3) is 6.80. The van der Waals surface area contributed by atoms with Crippen molar-refractivity contribution in [1.82, 2.24) is 0 Å². The van der Waals surface area contributed by atoms with Crippen molar-refractivity contribution in [3.05, 3.63) is 0 Å². The molecule has 0 aromatic rings. The van der Waals surface area contributed by atoms with Gasteiger partial charge in [0.15, 0.2) is 0 Å². The SMILES string of the molecule is NCCC(CCCC(N)P(=O)(O)O)C(CCN)(CCN)P(=O)(O)O. The first-order chi connectivity index (χ1) is 11.0. The maximum atomic E-state index is 12.2. The van der Waals surface area contributed by atoms with Gasteiger partial charge in [-0.15, -0.1) is 0 Å². The summed E-state index contributed by atoms with van der Waals surface area (Å²) in [6.45, 7) is 0.411. The van der Waals surface area contributed by atoms with Crippen LogP contribution >= 0.6 is 15.2 Å². The molecular formula is C12H32N4O6P2. The molecule has 0 aliphatic carbocycles. The van der Waals surface area contributed by atoms with Gasteiger partial charge in [0.2, 0.25) is 0 Å². The van der Waals surface area contributed by atoms with Gasteiger partial charge in [0.05, 0.1) is 5.16 Å². The van der Waals surface area contributed by atoms with Crippen molar-refractivity contribution < 1.29 is 28.7 Å². The normalized spacial score (nSPS) is 16.2. The van der Waals surface area contributed by atoms with Crippen LogP contribution in [0.4, 0.5) is 0 Å². The van der Waals surface area contributed by atoms with E-state index in [0.717, 1.165) is 0 Å². The van der Waals surface area contributed by atoms with Gasteiger partial charge < -0.3 is 42.5 Å². The lowest BCUT2D eigenvalue weighted by molar-refractivity contribution is 0.226.